The summed E-state index contributed by atoms with van der Waals surface area (Å²) in [4.78, 5) is 2.77. The smallest absolute Gasteiger partial charge is 0.184 e. The fourth-order valence-corrected chi connectivity index (χ4v) is 2.81. The molecule has 0 spiro atoms. The molecule has 1 aromatic carbocycles. The van der Waals surface area contributed by atoms with Crippen LogP contribution in [0.1, 0.15) is 11.9 Å². The van der Waals surface area contributed by atoms with Gasteiger partial charge < -0.3 is 24.4 Å². The minimum Gasteiger partial charge on any atom is -0.394 e. The second-order valence-electron chi connectivity index (χ2n) is 5.26. The number of rotatable bonds is 3. The first-order chi connectivity index (χ1) is 10.7. The summed E-state index contributed by atoms with van der Waals surface area (Å²) in [7, 11) is 0. The number of azide groups is 1. The summed E-state index contributed by atoms with van der Waals surface area (Å²) in [5, 5.41) is 23.1. The Morgan fingerprint density at radius 2 is 2.05 bits per heavy atom. The van der Waals surface area contributed by atoms with Gasteiger partial charge in [0.1, 0.15) is 18.3 Å². The van der Waals surface area contributed by atoms with Gasteiger partial charge in [-0.2, -0.15) is 0 Å². The molecular weight excluding hydrogens is 290 g/mol. The van der Waals surface area contributed by atoms with Gasteiger partial charge in [-0.05, 0) is 5.53 Å². The molecule has 118 valence electrons. The molecule has 6 atom stereocenters. The van der Waals surface area contributed by atoms with Crippen LogP contribution in [0.3, 0.4) is 0 Å². The zero-order chi connectivity index (χ0) is 15.5. The predicted molar refractivity (Wildman–Crippen MR) is 74.7 cm³/mol. The third-order valence-electron chi connectivity index (χ3n) is 3.91. The molecule has 2 unspecified atom stereocenters. The van der Waals surface area contributed by atoms with Gasteiger partial charge in [0.05, 0.1) is 25.4 Å². The highest BCUT2D eigenvalue weighted by Crippen LogP contribution is 2.35. The Kier molecular flexibility index (Phi) is 4.58. The van der Waals surface area contributed by atoms with Crippen molar-refractivity contribution in [3.63, 3.8) is 0 Å². The van der Waals surface area contributed by atoms with Crippen molar-refractivity contribution in [1.29, 1.82) is 0 Å². The summed E-state index contributed by atoms with van der Waals surface area (Å²) in [6, 6.07) is 8.52. The van der Waals surface area contributed by atoms with Crippen molar-refractivity contribution in [3.8, 4) is 0 Å². The van der Waals surface area contributed by atoms with Gasteiger partial charge in [-0.25, -0.2) is 0 Å². The Morgan fingerprint density at radius 3 is 2.73 bits per heavy atom. The third kappa shape index (κ3) is 2.80. The van der Waals surface area contributed by atoms with E-state index in [4.69, 9.17) is 19.7 Å². The van der Waals surface area contributed by atoms with Crippen LogP contribution in [-0.4, -0.2) is 53.9 Å². The molecule has 3 rings (SSSR count). The summed E-state index contributed by atoms with van der Waals surface area (Å²) >= 11 is 0. The van der Waals surface area contributed by atoms with E-state index in [0.29, 0.717) is 0 Å². The second kappa shape index (κ2) is 6.62. The van der Waals surface area contributed by atoms with Crippen LogP contribution < -0.4 is 0 Å². The van der Waals surface area contributed by atoms with E-state index in [0.717, 1.165) is 5.56 Å². The van der Waals surface area contributed by atoms with Gasteiger partial charge in [-0.15, -0.1) is 0 Å². The van der Waals surface area contributed by atoms with Gasteiger partial charge >= 0.3 is 0 Å². The number of ether oxygens (including phenoxy) is 3. The molecule has 0 bridgehead atoms. The molecule has 2 fully saturated rings. The monoisotopic (exact) mass is 307 g/mol. The lowest BCUT2D eigenvalue weighted by molar-refractivity contribution is -0.309. The molecule has 8 nitrogen and oxygen atoms in total. The first kappa shape index (κ1) is 15.2. The minimum absolute atomic E-state index is 0.227. The van der Waals surface area contributed by atoms with Crippen LogP contribution in [-0.2, 0) is 14.2 Å². The van der Waals surface area contributed by atoms with Gasteiger partial charge in [0.25, 0.3) is 0 Å². The Bertz CT molecular complexity index is 551. The lowest BCUT2D eigenvalue weighted by atomic mass is 9.92. The minimum atomic E-state index is -1.13. The molecule has 2 saturated heterocycles. The maximum Gasteiger partial charge on any atom is 0.184 e. The van der Waals surface area contributed by atoms with Gasteiger partial charge in [-0.1, -0.05) is 35.4 Å². The highest BCUT2D eigenvalue weighted by atomic mass is 16.7. The Balaban J connectivity index is 1.82. The van der Waals surface area contributed by atoms with Crippen molar-refractivity contribution in [2.24, 2.45) is 5.11 Å². The van der Waals surface area contributed by atoms with Gasteiger partial charge in [0.2, 0.25) is 0 Å². The number of hydrogen-bond donors (Lipinski definition) is 2. The summed E-state index contributed by atoms with van der Waals surface area (Å²) in [5.74, 6) is 0. The number of hydrogen-bond acceptors (Lipinski definition) is 6. The van der Waals surface area contributed by atoms with Crippen molar-refractivity contribution in [2.75, 3.05) is 13.2 Å². The largest absolute Gasteiger partial charge is 0.394 e. The quantitative estimate of drug-likeness (QED) is 0.489. The molecule has 2 N–H and O–H groups in total. The molecule has 8 heteroatoms. The van der Waals surface area contributed by atoms with Crippen molar-refractivity contribution >= 4 is 0 Å². The second-order valence-corrected chi connectivity index (χ2v) is 5.26. The molecule has 0 amide bonds. The van der Waals surface area contributed by atoms with Gasteiger partial charge in [0.15, 0.2) is 6.29 Å². The van der Waals surface area contributed by atoms with Crippen LogP contribution >= 0.6 is 0 Å². The zero-order valence-corrected chi connectivity index (χ0v) is 11.7. The van der Waals surface area contributed by atoms with E-state index in [2.05, 4.69) is 10.0 Å². The number of aliphatic hydroxyl groups excluding tert-OH is 2. The average molecular weight is 307 g/mol. The number of nitrogens with zero attached hydrogens (tertiary/aromatic N) is 3. The molecule has 0 saturated carbocycles. The fraction of sp³-hybridized carbons (Fsp3) is 0.571. The van der Waals surface area contributed by atoms with Crippen LogP contribution in [0.25, 0.3) is 10.4 Å². The topological polar surface area (TPSA) is 117 Å². The van der Waals surface area contributed by atoms with E-state index in [9.17, 15) is 10.2 Å². The molecule has 0 aliphatic carbocycles. The lowest BCUT2D eigenvalue weighted by Crippen LogP contribution is -2.61. The lowest BCUT2D eigenvalue weighted by Gasteiger charge is -2.46. The van der Waals surface area contributed by atoms with Crippen molar-refractivity contribution in [3.05, 3.63) is 46.3 Å². The Labute approximate surface area is 126 Å². The fourth-order valence-electron chi connectivity index (χ4n) is 2.81. The third-order valence-corrected chi connectivity index (χ3v) is 3.91. The SMILES string of the molecule is [N-]=[N+]=NC1[C@@H](O)[C@H](CO)O[C@@H]2COC(c3ccccc3)O[C@H]12. The summed E-state index contributed by atoms with van der Waals surface area (Å²) in [5.41, 5.74) is 9.56. The van der Waals surface area contributed by atoms with Crippen molar-refractivity contribution in [1.82, 2.24) is 0 Å². The molecule has 2 aliphatic heterocycles. The molecule has 0 radical (unpaired) electrons. The molecule has 2 aliphatic rings. The predicted octanol–water partition coefficient (Wildman–Crippen LogP) is 0.900. The molecule has 0 aromatic heterocycles. The summed E-state index contributed by atoms with van der Waals surface area (Å²) in [6.45, 7) is -0.144. The number of aliphatic hydroxyl groups is 2. The molecule has 1 aromatic rings. The van der Waals surface area contributed by atoms with Crippen molar-refractivity contribution in [2.45, 2.75) is 36.7 Å². The number of fused-ring (bicyclic) bond motifs is 1. The first-order valence-corrected chi connectivity index (χ1v) is 7.05. The van der Waals surface area contributed by atoms with E-state index in [1.54, 1.807) is 0 Å². The maximum absolute atomic E-state index is 10.2. The van der Waals surface area contributed by atoms with Gasteiger partial charge in [0, 0.05) is 10.5 Å². The first-order valence-electron chi connectivity index (χ1n) is 7.05. The van der Waals surface area contributed by atoms with E-state index >= 15 is 0 Å². The Hall–Kier alpha value is -1.67. The normalized spacial score (nSPS) is 37.9. The summed E-state index contributed by atoms with van der Waals surface area (Å²) < 4.78 is 17.1. The van der Waals surface area contributed by atoms with Crippen LogP contribution in [0.15, 0.2) is 35.4 Å². The Morgan fingerprint density at radius 1 is 1.27 bits per heavy atom. The van der Waals surface area contributed by atoms with E-state index < -0.39 is 36.7 Å². The zero-order valence-electron chi connectivity index (χ0n) is 11.7. The highest BCUT2D eigenvalue weighted by molar-refractivity contribution is 5.17. The summed E-state index contributed by atoms with van der Waals surface area (Å²) in [6.07, 6.45) is -3.70. The van der Waals surface area contributed by atoms with Gasteiger partial charge in [-0.3, -0.25) is 0 Å². The highest BCUT2D eigenvalue weighted by Gasteiger charge is 2.48. The van der Waals surface area contributed by atoms with Crippen LogP contribution in [0, 0.1) is 0 Å². The average Bonchev–Trinajstić information content (AvgIpc) is 2.57. The van der Waals surface area contributed by atoms with E-state index in [1.807, 2.05) is 30.3 Å². The molecular formula is C14H17N3O5. The molecule has 22 heavy (non-hydrogen) atoms. The standard InChI is InChI=1S/C14H17N3O5/c15-17-16-11-12(19)9(6-18)21-10-7-20-14(22-13(10)11)8-4-2-1-3-5-8/h1-5,9-14,18-19H,6-7H2/t9-,10+,11?,12-,13-,14?/m0/s1. The van der Waals surface area contributed by atoms with E-state index in [-0.39, 0.29) is 13.2 Å². The van der Waals surface area contributed by atoms with Crippen LogP contribution in [0.4, 0.5) is 0 Å². The maximum atomic E-state index is 10.2. The van der Waals surface area contributed by atoms with Crippen LogP contribution in [0.2, 0.25) is 0 Å². The number of benzene rings is 1. The van der Waals surface area contributed by atoms with Crippen molar-refractivity contribution < 1.29 is 24.4 Å². The van der Waals surface area contributed by atoms with E-state index in [1.165, 1.54) is 0 Å². The molecule has 2 heterocycles. The van der Waals surface area contributed by atoms with Crippen LogP contribution in [0.5, 0.6) is 0 Å².